The van der Waals surface area contributed by atoms with Crippen LogP contribution in [0.4, 0.5) is 0 Å². The number of nitrogens with one attached hydrogen (secondary N) is 1. The van der Waals surface area contributed by atoms with Crippen LogP contribution in [0.5, 0.6) is 0 Å². The topological polar surface area (TPSA) is 82.6 Å². The maximum Gasteiger partial charge on any atom is 0.352 e. The van der Waals surface area contributed by atoms with Gasteiger partial charge in [0.25, 0.3) is 5.91 Å². The molecular weight excluding hydrogens is 260 g/mol. The minimum Gasteiger partial charge on any atom is -0.477 e. The standard InChI is InChI=1S/C14H18N2O4/c1-7-11(8(2)15-12(7)14(18)19)13(17)16-5-9-3-4-10(6-16)20-9/h9-10,15H,3-6H2,1-2H3,(H,18,19). The molecule has 0 saturated carbocycles. The highest BCUT2D eigenvalue weighted by Gasteiger charge is 2.37. The Morgan fingerprint density at radius 3 is 2.35 bits per heavy atom. The van der Waals surface area contributed by atoms with E-state index >= 15 is 0 Å². The Balaban J connectivity index is 1.89. The van der Waals surface area contributed by atoms with Crippen molar-refractivity contribution in [2.24, 2.45) is 0 Å². The van der Waals surface area contributed by atoms with Crippen LogP contribution in [0, 0.1) is 13.8 Å². The molecule has 0 aliphatic carbocycles. The summed E-state index contributed by atoms with van der Waals surface area (Å²) in [5.41, 5.74) is 1.72. The molecule has 2 unspecified atom stereocenters. The SMILES string of the molecule is Cc1[nH]c(C(=O)O)c(C)c1C(=O)N1CC2CCC(C1)O2. The van der Waals surface area contributed by atoms with E-state index in [2.05, 4.69) is 4.98 Å². The van der Waals surface area contributed by atoms with Gasteiger partial charge in [-0.1, -0.05) is 0 Å². The smallest absolute Gasteiger partial charge is 0.352 e. The number of H-pyrrole nitrogens is 1. The van der Waals surface area contributed by atoms with Gasteiger partial charge in [-0.25, -0.2) is 4.79 Å². The zero-order valence-corrected chi connectivity index (χ0v) is 11.6. The number of carbonyl (C=O) groups excluding carboxylic acids is 1. The zero-order chi connectivity index (χ0) is 14.4. The van der Waals surface area contributed by atoms with Crippen LogP contribution in [0.3, 0.4) is 0 Å². The molecule has 2 fully saturated rings. The van der Waals surface area contributed by atoms with Crippen molar-refractivity contribution in [3.63, 3.8) is 0 Å². The van der Waals surface area contributed by atoms with Crippen LogP contribution in [0.1, 0.15) is 44.9 Å². The predicted octanol–water partition coefficient (Wildman–Crippen LogP) is 1.33. The molecule has 2 N–H and O–H groups in total. The molecule has 20 heavy (non-hydrogen) atoms. The van der Waals surface area contributed by atoms with Crippen molar-refractivity contribution in [1.82, 2.24) is 9.88 Å². The van der Waals surface area contributed by atoms with Crippen LogP contribution in [0.2, 0.25) is 0 Å². The Morgan fingerprint density at radius 2 is 1.85 bits per heavy atom. The van der Waals surface area contributed by atoms with Gasteiger partial charge in [0.05, 0.1) is 17.8 Å². The van der Waals surface area contributed by atoms with Gasteiger partial charge in [-0.05, 0) is 32.3 Å². The number of rotatable bonds is 2. The van der Waals surface area contributed by atoms with Crippen LogP contribution in [0.15, 0.2) is 0 Å². The summed E-state index contributed by atoms with van der Waals surface area (Å²) in [6.45, 7) is 4.61. The quantitative estimate of drug-likeness (QED) is 0.855. The van der Waals surface area contributed by atoms with Gasteiger partial charge in [-0.15, -0.1) is 0 Å². The molecule has 2 atom stereocenters. The number of aromatic carboxylic acids is 1. The van der Waals surface area contributed by atoms with Gasteiger partial charge >= 0.3 is 5.97 Å². The molecule has 6 heteroatoms. The van der Waals surface area contributed by atoms with Gasteiger partial charge in [-0.2, -0.15) is 0 Å². The molecule has 1 aromatic heterocycles. The summed E-state index contributed by atoms with van der Waals surface area (Å²) < 4.78 is 5.72. The highest BCUT2D eigenvalue weighted by molar-refractivity contribution is 6.00. The second-order valence-corrected chi connectivity index (χ2v) is 5.60. The van der Waals surface area contributed by atoms with Crippen molar-refractivity contribution >= 4 is 11.9 Å². The number of nitrogens with zero attached hydrogens (tertiary/aromatic N) is 1. The molecule has 6 nitrogen and oxygen atoms in total. The highest BCUT2D eigenvalue weighted by Crippen LogP contribution is 2.28. The Kier molecular flexibility index (Phi) is 3.05. The number of aryl methyl sites for hydroxylation is 1. The fourth-order valence-corrected chi connectivity index (χ4v) is 3.22. The zero-order valence-electron chi connectivity index (χ0n) is 11.6. The van der Waals surface area contributed by atoms with Gasteiger partial charge in [0.2, 0.25) is 0 Å². The summed E-state index contributed by atoms with van der Waals surface area (Å²) in [6.07, 6.45) is 2.27. The number of hydrogen-bond acceptors (Lipinski definition) is 3. The lowest BCUT2D eigenvalue weighted by Gasteiger charge is -2.32. The third-order valence-electron chi connectivity index (χ3n) is 4.20. The lowest BCUT2D eigenvalue weighted by Crippen LogP contribution is -2.46. The summed E-state index contributed by atoms with van der Waals surface area (Å²) in [6, 6.07) is 0. The Labute approximate surface area is 116 Å². The van der Waals surface area contributed by atoms with E-state index in [-0.39, 0.29) is 23.8 Å². The van der Waals surface area contributed by atoms with Crippen LogP contribution in [-0.4, -0.2) is 52.2 Å². The monoisotopic (exact) mass is 278 g/mol. The molecule has 2 aliphatic heterocycles. The van der Waals surface area contributed by atoms with E-state index in [0.29, 0.717) is 29.9 Å². The maximum absolute atomic E-state index is 12.7. The van der Waals surface area contributed by atoms with Gasteiger partial charge in [0, 0.05) is 18.8 Å². The number of amides is 1. The molecule has 1 amide bonds. The van der Waals surface area contributed by atoms with E-state index in [0.717, 1.165) is 12.8 Å². The molecular formula is C14H18N2O4. The van der Waals surface area contributed by atoms with E-state index in [1.165, 1.54) is 0 Å². The van der Waals surface area contributed by atoms with Gasteiger partial charge in [-0.3, -0.25) is 4.79 Å². The maximum atomic E-state index is 12.7. The average Bonchev–Trinajstić information content (AvgIpc) is 2.88. The molecule has 3 heterocycles. The Hall–Kier alpha value is -1.82. The van der Waals surface area contributed by atoms with Crippen molar-refractivity contribution in [2.45, 2.75) is 38.9 Å². The van der Waals surface area contributed by atoms with Crippen molar-refractivity contribution in [1.29, 1.82) is 0 Å². The van der Waals surface area contributed by atoms with Gasteiger partial charge in [0.1, 0.15) is 5.69 Å². The predicted molar refractivity (Wildman–Crippen MR) is 71.0 cm³/mol. The highest BCUT2D eigenvalue weighted by atomic mass is 16.5. The molecule has 0 radical (unpaired) electrons. The fourth-order valence-electron chi connectivity index (χ4n) is 3.22. The molecule has 2 saturated heterocycles. The normalized spacial score (nSPS) is 25.0. The summed E-state index contributed by atoms with van der Waals surface area (Å²) in [5, 5.41) is 9.11. The Morgan fingerprint density at radius 1 is 1.25 bits per heavy atom. The summed E-state index contributed by atoms with van der Waals surface area (Å²) >= 11 is 0. The lowest BCUT2D eigenvalue weighted by atomic mass is 10.1. The molecule has 108 valence electrons. The first-order chi connectivity index (χ1) is 9.47. The third-order valence-corrected chi connectivity index (χ3v) is 4.20. The number of hydrogen-bond donors (Lipinski definition) is 2. The summed E-state index contributed by atoms with van der Waals surface area (Å²) in [7, 11) is 0. The second-order valence-electron chi connectivity index (χ2n) is 5.60. The average molecular weight is 278 g/mol. The molecule has 0 aromatic carbocycles. The summed E-state index contributed by atoms with van der Waals surface area (Å²) in [5.74, 6) is -1.13. The molecule has 2 aliphatic rings. The number of carboxylic acids is 1. The van der Waals surface area contributed by atoms with Gasteiger partial charge < -0.3 is 19.7 Å². The fraction of sp³-hybridized carbons (Fsp3) is 0.571. The lowest BCUT2D eigenvalue weighted by molar-refractivity contribution is -0.0304. The van der Waals surface area contributed by atoms with E-state index in [9.17, 15) is 9.59 Å². The largest absolute Gasteiger partial charge is 0.477 e. The number of carbonyl (C=O) groups is 2. The van der Waals surface area contributed by atoms with Crippen LogP contribution < -0.4 is 0 Å². The molecule has 3 rings (SSSR count). The first-order valence-corrected chi connectivity index (χ1v) is 6.84. The number of fused-ring (bicyclic) bond motifs is 2. The van der Waals surface area contributed by atoms with E-state index in [1.807, 2.05) is 0 Å². The number of carboxylic acid groups (broad SMARTS) is 1. The van der Waals surface area contributed by atoms with Crippen LogP contribution in [0.25, 0.3) is 0 Å². The molecule has 1 aromatic rings. The molecule has 0 spiro atoms. The number of aromatic amines is 1. The van der Waals surface area contributed by atoms with Crippen molar-refractivity contribution in [2.75, 3.05) is 13.1 Å². The molecule has 2 bridgehead atoms. The van der Waals surface area contributed by atoms with Crippen molar-refractivity contribution in [3.05, 3.63) is 22.5 Å². The number of likely N-dealkylation sites (tertiary alicyclic amines) is 1. The van der Waals surface area contributed by atoms with E-state index in [4.69, 9.17) is 9.84 Å². The Bertz CT molecular complexity index is 566. The minimum atomic E-state index is -1.04. The minimum absolute atomic E-state index is 0.0936. The van der Waals surface area contributed by atoms with Crippen molar-refractivity contribution < 1.29 is 19.4 Å². The number of aromatic nitrogens is 1. The van der Waals surface area contributed by atoms with Crippen LogP contribution in [-0.2, 0) is 4.74 Å². The second kappa shape index (κ2) is 4.63. The van der Waals surface area contributed by atoms with Crippen molar-refractivity contribution in [3.8, 4) is 0 Å². The van der Waals surface area contributed by atoms with E-state index in [1.54, 1.807) is 18.7 Å². The first-order valence-electron chi connectivity index (χ1n) is 6.84. The van der Waals surface area contributed by atoms with E-state index < -0.39 is 5.97 Å². The van der Waals surface area contributed by atoms with Crippen LogP contribution >= 0.6 is 0 Å². The summed E-state index contributed by atoms with van der Waals surface area (Å²) in [4.78, 5) is 28.4. The number of ether oxygens (including phenoxy) is 1. The third kappa shape index (κ3) is 2.00. The first kappa shape index (κ1) is 13.2. The van der Waals surface area contributed by atoms with Gasteiger partial charge in [0.15, 0.2) is 0 Å². The number of morpholine rings is 1.